The van der Waals surface area contributed by atoms with Gasteiger partial charge in [-0.15, -0.1) is 0 Å². The van der Waals surface area contributed by atoms with Crippen molar-refractivity contribution in [2.24, 2.45) is 5.92 Å². The average Bonchev–Trinajstić information content (AvgIpc) is 2.66. The van der Waals surface area contributed by atoms with Gasteiger partial charge in [0, 0.05) is 32.1 Å². The molecule has 0 aromatic rings. The van der Waals surface area contributed by atoms with Gasteiger partial charge in [-0.25, -0.2) is 0 Å². The fourth-order valence-electron chi connectivity index (χ4n) is 2.55. The van der Waals surface area contributed by atoms with Crippen molar-refractivity contribution in [1.82, 2.24) is 10.2 Å². The van der Waals surface area contributed by atoms with Crippen LogP contribution in [0.2, 0.25) is 0 Å². The van der Waals surface area contributed by atoms with Crippen molar-refractivity contribution < 1.29 is 4.79 Å². The Morgan fingerprint density at radius 2 is 2.00 bits per heavy atom. The summed E-state index contributed by atoms with van der Waals surface area (Å²) in [5, 5.41) is 3.52. The molecule has 0 aromatic carbocycles. The van der Waals surface area contributed by atoms with E-state index in [1.165, 1.54) is 19.3 Å². The predicted octanol–water partition coefficient (Wildman–Crippen LogP) is 2.02. The number of rotatable bonds is 6. The van der Waals surface area contributed by atoms with Gasteiger partial charge >= 0.3 is 0 Å². The van der Waals surface area contributed by atoms with Gasteiger partial charge in [-0.1, -0.05) is 13.3 Å². The van der Waals surface area contributed by atoms with Crippen LogP contribution in [-0.4, -0.2) is 36.5 Å². The molecule has 0 heterocycles. The molecule has 3 heteroatoms. The molecule has 1 aliphatic carbocycles. The fourth-order valence-corrected chi connectivity index (χ4v) is 2.55. The van der Waals surface area contributed by atoms with Crippen LogP contribution in [-0.2, 0) is 4.79 Å². The number of nitrogens with zero attached hydrogens (tertiary/aromatic N) is 1. The molecular formula is C13H26N2O. The van der Waals surface area contributed by atoms with Crippen LogP contribution in [0.5, 0.6) is 0 Å². The number of nitrogens with one attached hydrogen (secondary N) is 1. The van der Waals surface area contributed by atoms with Crippen LogP contribution >= 0.6 is 0 Å². The third kappa shape index (κ3) is 3.78. The Balaban J connectivity index is 2.17. The van der Waals surface area contributed by atoms with Gasteiger partial charge in [0.2, 0.25) is 5.91 Å². The third-order valence-corrected chi connectivity index (χ3v) is 3.72. The molecule has 1 aliphatic rings. The van der Waals surface area contributed by atoms with E-state index in [4.69, 9.17) is 0 Å². The maximum absolute atomic E-state index is 11.7. The number of amides is 1. The second-order valence-electron chi connectivity index (χ2n) is 4.78. The smallest absolute Gasteiger partial charge is 0.223 e. The van der Waals surface area contributed by atoms with Crippen molar-refractivity contribution in [1.29, 1.82) is 0 Å². The Morgan fingerprint density at radius 3 is 2.50 bits per heavy atom. The van der Waals surface area contributed by atoms with E-state index < -0.39 is 0 Å². The molecule has 1 N–H and O–H groups in total. The molecule has 16 heavy (non-hydrogen) atoms. The van der Waals surface area contributed by atoms with Gasteiger partial charge in [0.05, 0.1) is 0 Å². The SMILES string of the molecule is CCN(CC)C(=O)CCNC1CCCC1C. The molecule has 2 unspecified atom stereocenters. The van der Waals surface area contributed by atoms with Crippen molar-refractivity contribution in [3.8, 4) is 0 Å². The molecule has 1 fully saturated rings. The van der Waals surface area contributed by atoms with E-state index in [9.17, 15) is 4.79 Å². The molecule has 3 nitrogen and oxygen atoms in total. The molecule has 1 rings (SSSR count). The lowest BCUT2D eigenvalue weighted by Crippen LogP contribution is -2.36. The quantitative estimate of drug-likeness (QED) is 0.751. The summed E-state index contributed by atoms with van der Waals surface area (Å²) < 4.78 is 0. The lowest BCUT2D eigenvalue weighted by Gasteiger charge is -2.21. The molecule has 0 saturated heterocycles. The van der Waals surface area contributed by atoms with Crippen LogP contribution in [0.4, 0.5) is 0 Å². The Labute approximate surface area is 99.6 Å². The zero-order chi connectivity index (χ0) is 12.0. The maximum Gasteiger partial charge on any atom is 0.223 e. The molecule has 0 radical (unpaired) electrons. The molecule has 0 bridgehead atoms. The Hall–Kier alpha value is -0.570. The van der Waals surface area contributed by atoms with E-state index in [0.29, 0.717) is 12.5 Å². The summed E-state index contributed by atoms with van der Waals surface area (Å²) in [5.41, 5.74) is 0. The van der Waals surface area contributed by atoms with E-state index in [1.54, 1.807) is 0 Å². The first-order valence-corrected chi connectivity index (χ1v) is 6.70. The zero-order valence-electron chi connectivity index (χ0n) is 11.0. The molecule has 0 aromatic heterocycles. The molecule has 0 aliphatic heterocycles. The summed E-state index contributed by atoms with van der Waals surface area (Å²) in [7, 11) is 0. The van der Waals surface area contributed by atoms with Crippen LogP contribution in [0.15, 0.2) is 0 Å². The van der Waals surface area contributed by atoms with Crippen LogP contribution in [0.1, 0.15) is 46.5 Å². The number of carbonyl (C=O) groups is 1. The highest BCUT2D eigenvalue weighted by Gasteiger charge is 2.22. The molecule has 1 saturated carbocycles. The standard InChI is InChI=1S/C13H26N2O/c1-4-15(5-2)13(16)9-10-14-12-8-6-7-11(12)3/h11-12,14H,4-10H2,1-3H3. The molecule has 94 valence electrons. The van der Waals surface area contributed by atoms with Crippen molar-refractivity contribution in [3.05, 3.63) is 0 Å². The monoisotopic (exact) mass is 226 g/mol. The van der Waals surface area contributed by atoms with Gasteiger partial charge in [0.15, 0.2) is 0 Å². The highest BCUT2D eigenvalue weighted by Crippen LogP contribution is 2.24. The van der Waals surface area contributed by atoms with Crippen LogP contribution in [0.25, 0.3) is 0 Å². The maximum atomic E-state index is 11.7. The summed E-state index contributed by atoms with van der Waals surface area (Å²) in [5.74, 6) is 1.06. The van der Waals surface area contributed by atoms with Gasteiger partial charge in [0.1, 0.15) is 0 Å². The van der Waals surface area contributed by atoms with Crippen LogP contribution in [0.3, 0.4) is 0 Å². The number of hydrogen-bond donors (Lipinski definition) is 1. The first kappa shape index (κ1) is 13.5. The summed E-state index contributed by atoms with van der Waals surface area (Å²) in [6.07, 6.45) is 4.59. The summed E-state index contributed by atoms with van der Waals surface area (Å²) in [4.78, 5) is 13.6. The Bertz CT molecular complexity index is 214. The summed E-state index contributed by atoms with van der Waals surface area (Å²) in [6, 6.07) is 0.643. The van der Waals surface area contributed by atoms with E-state index >= 15 is 0 Å². The molecule has 0 spiro atoms. The fraction of sp³-hybridized carbons (Fsp3) is 0.923. The van der Waals surface area contributed by atoms with Gasteiger partial charge < -0.3 is 10.2 Å². The second-order valence-corrected chi connectivity index (χ2v) is 4.78. The van der Waals surface area contributed by atoms with Crippen molar-refractivity contribution in [3.63, 3.8) is 0 Å². The van der Waals surface area contributed by atoms with Crippen LogP contribution < -0.4 is 5.32 Å². The summed E-state index contributed by atoms with van der Waals surface area (Å²) in [6.45, 7) is 8.87. The van der Waals surface area contributed by atoms with Gasteiger partial charge in [-0.2, -0.15) is 0 Å². The highest BCUT2D eigenvalue weighted by molar-refractivity contribution is 5.76. The zero-order valence-corrected chi connectivity index (χ0v) is 11.0. The van der Waals surface area contributed by atoms with Gasteiger partial charge in [-0.05, 0) is 32.6 Å². The Morgan fingerprint density at radius 1 is 1.31 bits per heavy atom. The lowest BCUT2D eigenvalue weighted by molar-refractivity contribution is -0.130. The van der Waals surface area contributed by atoms with Crippen molar-refractivity contribution in [2.75, 3.05) is 19.6 Å². The van der Waals surface area contributed by atoms with Gasteiger partial charge in [0.25, 0.3) is 0 Å². The minimum Gasteiger partial charge on any atom is -0.343 e. The predicted molar refractivity (Wildman–Crippen MR) is 67.4 cm³/mol. The largest absolute Gasteiger partial charge is 0.343 e. The lowest BCUT2D eigenvalue weighted by atomic mass is 10.1. The normalized spacial score (nSPS) is 24.7. The minimum absolute atomic E-state index is 0.281. The van der Waals surface area contributed by atoms with E-state index in [0.717, 1.165) is 25.6 Å². The van der Waals surface area contributed by atoms with E-state index in [1.807, 2.05) is 18.7 Å². The average molecular weight is 226 g/mol. The Kier molecular flexibility index (Phi) is 5.81. The van der Waals surface area contributed by atoms with Gasteiger partial charge in [-0.3, -0.25) is 4.79 Å². The van der Waals surface area contributed by atoms with Crippen molar-refractivity contribution >= 4 is 5.91 Å². The summed E-state index contributed by atoms with van der Waals surface area (Å²) >= 11 is 0. The van der Waals surface area contributed by atoms with Crippen LogP contribution in [0, 0.1) is 5.92 Å². The van der Waals surface area contributed by atoms with Crippen molar-refractivity contribution in [2.45, 2.75) is 52.5 Å². The first-order valence-electron chi connectivity index (χ1n) is 6.70. The second kappa shape index (κ2) is 6.89. The topological polar surface area (TPSA) is 32.3 Å². The van der Waals surface area contributed by atoms with E-state index in [2.05, 4.69) is 12.2 Å². The minimum atomic E-state index is 0.281. The highest BCUT2D eigenvalue weighted by atomic mass is 16.2. The number of carbonyl (C=O) groups excluding carboxylic acids is 1. The third-order valence-electron chi connectivity index (χ3n) is 3.72. The molecule has 1 amide bonds. The first-order chi connectivity index (χ1) is 7.69. The number of hydrogen-bond acceptors (Lipinski definition) is 2. The molecule has 2 atom stereocenters. The molecular weight excluding hydrogens is 200 g/mol. The van der Waals surface area contributed by atoms with E-state index in [-0.39, 0.29) is 5.91 Å².